The molecule has 0 fully saturated rings. The molecule has 1 aromatic heterocycles. The van der Waals surface area contributed by atoms with Gasteiger partial charge in [0, 0.05) is 15.4 Å². The number of nitrogens with zero attached hydrogens (tertiary/aromatic N) is 1. The largest absolute Gasteiger partial charge is 0.291 e. The summed E-state index contributed by atoms with van der Waals surface area (Å²) in [6.07, 6.45) is 0. The Bertz CT molecular complexity index is 572. The summed E-state index contributed by atoms with van der Waals surface area (Å²) in [5.41, 5.74) is 0.944. The predicted molar refractivity (Wildman–Crippen MR) is 70.3 cm³/mol. The summed E-state index contributed by atoms with van der Waals surface area (Å²) in [6, 6.07) is 4.33. The summed E-state index contributed by atoms with van der Waals surface area (Å²) in [6.45, 7) is 0. The lowest BCUT2D eigenvalue weighted by Gasteiger charge is -2.00. The first-order chi connectivity index (χ1) is 8.11. The van der Waals surface area contributed by atoms with Gasteiger partial charge in [-0.3, -0.25) is 4.79 Å². The van der Waals surface area contributed by atoms with E-state index in [1.54, 1.807) is 11.4 Å². The summed E-state index contributed by atoms with van der Waals surface area (Å²) in [4.78, 5) is 15.5. The van der Waals surface area contributed by atoms with Crippen LogP contribution in [0.15, 0.2) is 28.1 Å². The average molecular weight is 335 g/mol. The maximum Gasteiger partial charge on any atom is 0.196 e. The molecule has 0 aliphatic rings. The van der Waals surface area contributed by atoms with Gasteiger partial charge in [-0.2, -0.15) is 0 Å². The first kappa shape index (κ1) is 12.7. The van der Waals surface area contributed by atoms with Gasteiger partial charge in [-0.15, -0.1) is 22.9 Å². The van der Waals surface area contributed by atoms with Crippen LogP contribution in [0.3, 0.4) is 0 Å². The van der Waals surface area contributed by atoms with Gasteiger partial charge in [-0.05, 0) is 18.2 Å². The van der Waals surface area contributed by atoms with Crippen molar-refractivity contribution >= 4 is 44.7 Å². The Labute approximate surface area is 115 Å². The lowest BCUT2D eigenvalue weighted by atomic mass is 10.2. The number of hydrogen-bond acceptors (Lipinski definition) is 3. The van der Waals surface area contributed by atoms with Crippen LogP contribution in [-0.2, 0) is 0 Å². The number of thiazole rings is 1. The van der Waals surface area contributed by atoms with Crippen LogP contribution in [0.2, 0.25) is 0 Å². The van der Waals surface area contributed by atoms with Gasteiger partial charge >= 0.3 is 0 Å². The lowest BCUT2D eigenvalue weighted by molar-refractivity contribution is 0.101. The van der Waals surface area contributed by atoms with Crippen molar-refractivity contribution in [2.45, 2.75) is 0 Å². The molecule has 0 saturated heterocycles. The van der Waals surface area contributed by atoms with Crippen LogP contribution < -0.4 is 0 Å². The van der Waals surface area contributed by atoms with E-state index in [9.17, 15) is 9.18 Å². The highest BCUT2D eigenvalue weighted by atomic mass is 79.9. The number of ketones is 1. The van der Waals surface area contributed by atoms with Gasteiger partial charge in [0.25, 0.3) is 0 Å². The van der Waals surface area contributed by atoms with E-state index in [-0.39, 0.29) is 17.5 Å². The second-order valence-corrected chi connectivity index (χ2v) is 5.20. The Morgan fingerprint density at radius 2 is 2.29 bits per heavy atom. The molecule has 2 nitrogen and oxygen atoms in total. The zero-order valence-electron chi connectivity index (χ0n) is 8.41. The summed E-state index contributed by atoms with van der Waals surface area (Å²) in [5, 5.41) is 2.21. The van der Waals surface area contributed by atoms with Gasteiger partial charge in [0.1, 0.15) is 16.5 Å². The minimum Gasteiger partial charge on any atom is -0.291 e. The van der Waals surface area contributed by atoms with Crippen LogP contribution in [0.1, 0.15) is 10.5 Å². The molecular formula is C11H6BrClFNOS. The molecule has 1 heterocycles. The van der Waals surface area contributed by atoms with E-state index < -0.39 is 0 Å². The number of benzene rings is 1. The van der Waals surface area contributed by atoms with Gasteiger partial charge in [-0.1, -0.05) is 15.9 Å². The van der Waals surface area contributed by atoms with Crippen molar-refractivity contribution in [3.8, 4) is 10.6 Å². The quantitative estimate of drug-likeness (QED) is 0.624. The molecule has 0 N–H and O–H groups in total. The van der Waals surface area contributed by atoms with E-state index in [2.05, 4.69) is 20.9 Å². The molecule has 6 heteroatoms. The topological polar surface area (TPSA) is 30.0 Å². The van der Waals surface area contributed by atoms with Gasteiger partial charge in [0.15, 0.2) is 5.78 Å². The minimum atomic E-state index is -0.344. The summed E-state index contributed by atoms with van der Waals surface area (Å²) < 4.78 is 13.9. The summed E-state index contributed by atoms with van der Waals surface area (Å²) in [5.74, 6) is -0.682. The fraction of sp³-hybridized carbons (Fsp3) is 0.0909. The lowest BCUT2D eigenvalue weighted by Crippen LogP contribution is -2.00. The minimum absolute atomic E-state index is 0.104. The van der Waals surface area contributed by atoms with Crippen molar-refractivity contribution in [2.75, 3.05) is 5.88 Å². The zero-order valence-corrected chi connectivity index (χ0v) is 11.6. The first-order valence-corrected chi connectivity index (χ1v) is 6.82. The third-order valence-corrected chi connectivity index (χ3v) is 3.88. The molecule has 0 aliphatic heterocycles. The number of aromatic nitrogens is 1. The van der Waals surface area contributed by atoms with E-state index in [0.29, 0.717) is 16.3 Å². The average Bonchev–Trinajstić information content (AvgIpc) is 2.80. The molecular weight excluding hydrogens is 329 g/mol. The highest BCUT2D eigenvalue weighted by Crippen LogP contribution is 2.31. The van der Waals surface area contributed by atoms with Crippen molar-refractivity contribution in [2.24, 2.45) is 0 Å². The van der Waals surface area contributed by atoms with Crippen LogP contribution >= 0.6 is 38.9 Å². The number of carbonyl (C=O) groups excluding carboxylic acids is 1. The van der Waals surface area contributed by atoms with Gasteiger partial charge in [-0.25, -0.2) is 9.37 Å². The third-order valence-electron chi connectivity index (χ3n) is 2.07. The number of carbonyl (C=O) groups is 1. The second kappa shape index (κ2) is 5.25. The summed E-state index contributed by atoms with van der Waals surface area (Å²) >= 11 is 10.0. The SMILES string of the molecule is O=C(CCl)c1csc(-c2cc(F)ccc2Br)n1. The Balaban J connectivity index is 2.43. The fourth-order valence-corrected chi connectivity index (χ4v) is 2.81. The van der Waals surface area contributed by atoms with E-state index in [4.69, 9.17) is 11.6 Å². The van der Waals surface area contributed by atoms with E-state index in [1.165, 1.54) is 23.5 Å². The molecule has 0 spiro atoms. The normalized spacial score (nSPS) is 10.5. The van der Waals surface area contributed by atoms with E-state index in [0.717, 1.165) is 4.47 Å². The van der Waals surface area contributed by atoms with E-state index in [1.807, 2.05) is 0 Å². The number of rotatable bonds is 3. The Hall–Kier alpha value is -0.780. The van der Waals surface area contributed by atoms with Gasteiger partial charge < -0.3 is 0 Å². The summed E-state index contributed by atoms with van der Waals surface area (Å²) in [7, 11) is 0. The molecule has 17 heavy (non-hydrogen) atoms. The van der Waals surface area contributed by atoms with Gasteiger partial charge in [0.2, 0.25) is 0 Å². The molecule has 2 aromatic rings. The van der Waals surface area contributed by atoms with Crippen LogP contribution in [0.25, 0.3) is 10.6 Å². The molecule has 1 aromatic carbocycles. The molecule has 0 aliphatic carbocycles. The Morgan fingerprint density at radius 1 is 1.53 bits per heavy atom. The molecule has 0 saturated carbocycles. The molecule has 0 radical (unpaired) electrons. The monoisotopic (exact) mass is 333 g/mol. The smallest absolute Gasteiger partial charge is 0.196 e. The fourth-order valence-electron chi connectivity index (χ4n) is 1.26. The number of Topliss-reactive ketones (excluding diaryl/α,β-unsaturated/α-hetero) is 1. The number of halogens is 3. The van der Waals surface area contributed by atoms with Crippen molar-refractivity contribution < 1.29 is 9.18 Å². The molecule has 0 amide bonds. The molecule has 0 unspecified atom stereocenters. The first-order valence-electron chi connectivity index (χ1n) is 4.62. The number of alkyl halides is 1. The maximum absolute atomic E-state index is 13.1. The predicted octanol–water partition coefficient (Wildman–Crippen LogP) is 4.13. The highest BCUT2D eigenvalue weighted by Gasteiger charge is 2.13. The van der Waals surface area contributed by atoms with Crippen molar-refractivity contribution in [3.63, 3.8) is 0 Å². The second-order valence-electron chi connectivity index (χ2n) is 3.22. The Morgan fingerprint density at radius 3 is 3.00 bits per heavy atom. The van der Waals surface area contributed by atoms with Crippen molar-refractivity contribution in [1.29, 1.82) is 0 Å². The van der Waals surface area contributed by atoms with Crippen LogP contribution in [0, 0.1) is 5.82 Å². The Kier molecular flexibility index (Phi) is 3.91. The van der Waals surface area contributed by atoms with Crippen molar-refractivity contribution in [1.82, 2.24) is 4.98 Å². The van der Waals surface area contributed by atoms with Crippen LogP contribution in [-0.4, -0.2) is 16.6 Å². The highest BCUT2D eigenvalue weighted by molar-refractivity contribution is 9.10. The maximum atomic E-state index is 13.1. The third kappa shape index (κ3) is 2.73. The van der Waals surface area contributed by atoms with E-state index >= 15 is 0 Å². The van der Waals surface area contributed by atoms with Crippen LogP contribution in [0.4, 0.5) is 4.39 Å². The molecule has 0 bridgehead atoms. The molecule has 0 atom stereocenters. The number of hydrogen-bond donors (Lipinski definition) is 0. The molecule has 88 valence electrons. The van der Waals surface area contributed by atoms with Crippen LogP contribution in [0.5, 0.6) is 0 Å². The zero-order chi connectivity index (χ0) is 12.4. The van der Waals surface area contributed by atoms with Crippen molar-refractivity contribution in [3.05, 3.63) is 39.6 Å². The van der Waals surface area contributed by atoms with Gasteiger partial charge in [0.05, 0.1) is 5.88 Å². The standard InChI is InChI=1S/C11H6BrClFNOS/c12-8-2-1-6(14)3-7(8)11-15-9(5-17-11)10(16)4-13/h1-3,5H,4H2. The molecule has 2 rings (SSSR count).